The van der Waals surface area contributed by atoms with Crippen LogP contribution in [0.2, 0.25) is 0 Å². The zero-order valence-electron chi connectivity index (χ0n) is 14.9. The molecule has 0 saturated carbocycles. The van der Waals surface area contributed by atoms with Gasteiger partial charge in [0.25, 0.3) is 0 Å². The van der Waals surface area contributed by atoms with E-state index in [9.17, 15) is 30.7 Å². The molecule has 154 valence electrons. The maximum Gasteiger partial charge on any atom is 0.462 e. The number of nitrogens with one attached hydrogen (secondary N) is 1. The first kappa shape index (κ1) is 21.6. The third-order valence-electron chi connectivity index (χ3n) is 3.96. The highest BCUT2D eigenvalue weighted by Gasteiger charge is 2.73. The van der Waals surface area contributed by atoms with E-state index < -0.39 is 18.1 Å². The van der Waals surface area contributed by atoms with Gasteiger partial charge in [0.1, 0.15) is 5.75 Å². The average Bonchev–Trinajstić information content (AvgIpc) is 2.87. The van der Waals surface area contributed by atoms with Crippen molar-refractivity contribution in [1.82, 2.24) is 9.99 Å². The molecule has 0 unspecified atom stereocenters. The van der Waals surface area contributed by atoms with Crippen molar-refractivity contribution in [2.24, 2.45) is 5.10 Å². The van der Waals surface area contributed by atoms with Crippen molar-refractivity contribution in [2.45, 2.75) is 32.0 Å². The largest absolute Gasteiger partial charge is 0.497 e. The molecule has 0 aliphatic rings. The van der Waals surface area contributed by atoms with Gasteiger partial charge in [-0.3, -0.25) is 0 Å². The molecule has 0 fully saturated rings. The van der Waals surface area contributed by atoms with E-state index in [0.717, 1.165) is 6.21 Å². The normalized spacial score (nSPS) is 13.2. The quantitative estimate of drug-likeness (QED) is 0.321. The topological polar surface area (TPSA) is 38.5 Å². The SMILES string of the molecule is COc1ccc(-n2c(C)cc(/C=N/NC(F)(F)C(F)(F)C(F)(F)F)c2C)cc1. The van der Waals surface area contributed by atoms with E-state index in [1.165, 1.54) is 13.2 Å². The lowest BCUT2D eigenvalue weighted by Gasteiger charge is -2.27. The Bertz CT molecular complexity index is 855. The summed E-state index contributed by atoms with van der Waals surface area (Å²) in [5.74, 6) is -5.66. The number of rotatable bonds is 6. The number of ether oxygens (including phenoxy) is 1. The molecule has 2 rings (SSSR count). The summed E-state index contributed by atoms with van der Waals surface area (Å²) < 4.78 is 95.2. The number of aromatic nitrogens is 1. The lowest BCUT2D eigenvalue weighted by molar-refractivity contribution is -0.361. The highest BCUT2D eigenvalue weighted by Crippen LogP contribution is 2.45. The summed E-state index contributed by atoms with van der Waals surface area (Å²) >= 11 is 0. The number of nitrogens with zero attached hydrogens (tertiary/aromatic N) is 2. The molecule has 0 atom stereocenters. The van der Waals surface area contributed by atoms with Crippen molar-refractivity contribution in [3.05, 3.63) is 47.3 Å². The zero-order chi connectivity index (χ0) is 21.3. The van der Waals surface area contributed by atoms with Gasteiger partial charge in [-0.15, -0.1) is 0 Å². The minimum absolute atomic E-state index is 0.256. The van der Waals surface area contributed by atoms with Crippen LogP contribution in [0.1, 0.15) is 17.0 Å². The Morgan fingerprint density at radius 2 is 1.57 bits per heavy atom. The minimum atomic E-state index is -6.43. The van der Waals surface area contributed by atoms with Crippen molar-refractivity contribution in [1.29, 1.82) is 0 Å². The smallest absolute Gasteiger partial charge is 0.462 e. The fourth-order valence-electron chi connectivity index (χ4n) is 2.48. The Hall–Kier alpha value is -2.72. The molecular formula is C17H16F7N3O. The number of benzene rings is 1. The van der Waals surface area contributed by atoms with Crippen molar-refractivity contribution in [2.75, 3.05) is 7.11 Å². The van der Waals surface area contributed by atoms with Crippen LogP contribution in [-0.4, -0.2) is 36.0 Å². The molecule has 0 aliphatic carbocycles. The third kappa shape index (κ3) is 3.92. The van der Waals surface area contributed by atoms with Crippen molar-refractivity contribution in [3.63, 3.8) is 0 Å². The second kappa shape index (κ2) is 7.36. The summed E-state index contributed by atoms with van der Waals surface area (Å²) in [5.41, 5.74) is 2.74. The number of methoxy groups -OCH3 is 1. The Morgan fingerprint density at radius 1 is 1.00 bits per heavy atom. The first-order valence-electron chi connectivity index (χ1n) is 7.78. The Kier molecular flexibility index (Phi) is 5.67. The van der Waals surface area contributed by atoms with Gasteiger partial charge in [0, 0.05) is 22.6 Å². The number of hydrogen-bond acceptors (Lipinski definition) is 3. The van der Waals surface area contributed by atoms with Gasteiger partial charge in [-0.25, -0.2) is 5.43 Å². The molecule has 1 heterocycles. The average molecular weight is 411 g/mol. The summed E-state index contributed by atoms with van der Waals surface area (Å²) in [6.07, 6.45) is -5.67. The molecule has 0 amide bonds. The first-order chi connectivity index (χ1) is 12.8. The van der Waals surface area contributed by atoms with Crippen LogP contribution in [-0.2, 0) is 0 Å². The summed E-state index contributed by atoms with van der Waals surface area (Å²) in [7, 11) is 1.50. The fraction of sp³-hybridized carbons (Fsp3) is 0.353. The van der Waals surface area contributed by atoms with Crippen molar-refractivity contribution in [3.8, 4) is 11.4 Å². The van der Waals surface area contributed by atoms with Crippen molar-refractivity contribution < 1.29 is 35.5 Å². The van der Waals surface area contributed by atoms with E-state index in [-0.39, 0.29) is 5.56 Å². The molecule has 0 saturated heterocycles. The van der Waals surface area contributed by atoms with E-state index >= 15 is 0 Å². The Morgan fingerprint density at radius 3 is 2.07 bits per heavy atom. The van der Waals surface area contributed by atoms with Crippen LogP contribution >= 0.6 is 0 Å². The molecule has 28 heavy (non-hydrogen) atoms. The predicted octanol–water partition coefficient (Wildman–Crippen LogP) is 4.82. The van der Waals surface area contributed by atoms with Crippen LogP contribution in [0.4, 0.5) is 30.7 Å². The molecule has 1 aromatic heterocycles. The van der Waals surface area contributed by atoms with Gasteiger partial charge in [-0.1, -0.05) is 0 Å². The van der Waals surface area contributed by atoms with E-state index in [0.29, 0.717) is 28.3 Å². The van der Waals surface area contributed by atoms with E-state index in [1.54, 1.807) is 42.7 Å². The maximum absolute atomic E-state index is 13.2. The molecule has 0 aliphatic heterocycles. The predicted molar refractivity (Wildman–Crippen MR) is 88.5 cm³/mol. The van der Waals surface area contributed by atoms with Crippen LogP contribution in [0.15, 0.2) is 35.4 Å². The lowest BCUT2D eigenvalue weighted by Crippen LogP contribution is -2.58. The van der Waals surface area contributed by atoms with Crippen LogP contribution < -0.4 is 10.2 Å². The minimum Gasteiger partial charge on any atom is -0.497 e. The second-order valence-corrected chi connectivity index (χ2v) is 5.88. The van der Waals surface area contributed by atoms with Crippen LogP contribution in [0.3, 0.4) is 0 Å². The molecule has 1 N–H and O–H groups in total. The number of aryl methyl sites for hydroxylation is 1. The molecule has 11 heteroatoms. The third-order valence-corrected chi connectivity index (χ3v) is 3.96. The summed E-state index contributed by atoms with van der Waals surface area (Å²) in [5, 5.41) is 2.89. The number of hydrazone groups is 1. The maximum atomic E-state index is 13.2. The van der Waals surface area contributed by atoms with Crippen LogP contribution in [0, 0.1) is 13.8 Å². The van der Waals surface area contributed by atoms with Gasteiger partial charge < -0.3 is 9.30 Å². The molecule has 4 nitrogen and oxygen atoms in total. The summed E-state index contributed by atoms with van der Waals surface area (Å²) in [6, 6.07) is 2.77. The Labute approximate surface area is 155 Å². The lowest BCUT2D eigenvalue weighted by atomic mass is 10.2. The molecule has 1 aromatic carbocycles. The molecule has 0 bridgehead atoms. The highest BCUT2D eigenvalue weighted by atomic mass is 19.4. The second-order valence-electron chi connectivity index (χ2n) is 5.88. The summed E-state index contributed by atoms with van der Waals surface area (Å²) in [4.78, 5) is 0. The van der Waals surface area contributed by atoms with Gasteiger partial charge in [0.2, 0.25) is 0 Å². The van der Waals surface area contributed by atoms with Gasteiger partial charge in [0.15, 0.2) is 0 Å². The highest BCUT2D eigenvalue weighted by molar-refractivity contribution is 5.82. The van der Waals surface area contributed by atoms with Gasteiger partial charge in [-0.2, -0.15) is 35.8 Å². The molecular weight excluding hydrogens is 395 g/mol. The first-order valence-corrected chi connectivity index (χ1v) is 7.78. The van der Waals surface area contributed by atoms with E-state index in [2.05, 4.69) is 5.10 Å². The molecule has 0 radical (unpaired) electrons. The standard InChI is InChI=1S/C17H16F7N3O/c1-10-8-12(9-25-26-17(23,24)15(18,19)16(20,21)22)11(2)27(10)13-4-6-14(28-3)7-5-13/h4-9,26H,1-3H3/b25-9+. The number of hydrogen-bond donors (Lipinski definition) is 1. The van der Waals surface area contributed by atoms with Crippen LogP contribution in [0.25, 0.3) is 5.69 Å². The van der Waals surface area contributed by atoms with Crippen molar-refractivity contribution >= 4 is 6.21 Å². The number of halogens is 7. The summed E-state index contributed by atoms with van der Waals surface area (Å²) in [6.45, 7) is 3.31. The fourth-order valence-corrected chi connectivity index (χ4v) is 2.48. The monoisotopic (exact) mass is 411 g/mol. The Balaban J connectivity index is 2.26. The van der Waals surface area contributed by atoms with E-state index in [1.807, 2.05) is 0 Å². The van der Waals surface area contributed by atoms with Crippen LogP contribution in [0.5, 0.6) is 5.75 Å². The van der Waals surface area contributed by atoms with Gasteiger partial charge in [-0.05, 0) is 44.2 Å². The van der Waals surface area contributed by atoms with E-state index in [4.69, 9.17) is 4.74 Å². The van der Waals surface area contributed by atoms with Gasteiger partial charge in [0.05, 0.1) is 13.3 Å². The molecule has 2 aromatic rings. The molecule has 0 spiro atoms. The number of alkyl halides is 7. The van der Waals surface area contributed by atoms with Gasteiger partial charge >= 0.3 is 18.1 Å². The zero-order valence-corrected chi connectivity index (χ0v) is 14.9.